The summed E-state index contributed by atoms with van der Waals surface area (Å²) in [5.41, 5.74) is -0.879. The van der Waals surface area contributed by atoms with Crippen molar-refractivity contribution in [1.82, 2.24) is 19.0 Å². The van der Waals surface area contributed by atoms with Gasteiger partial charge in [-0.15, -0.1) is 0 Å². The maximum atomic E-state index is 14.9. The number of ketones is 1. The van der Waals surface area contributed by atoms with Gasteiger partial charge in [0.25, 0.3) is 5.56 Å². The van der Waals surface area contributed by atoms with Gasteiger partial charge in [-0.25, -0.2) is 8.42 Å². The maximum Gasteiger partial charge on any atom is 0.306 e. The second-order valence-electron chi connectivity index (χ2n) is 17.5. The Morgan fingerprint density at radius 3 is 2.58 bits per heavy atom. The minimum absolute atomic E-state index is 0.0126. The molecule has 14 nitrogen and oxygen atoms in total. The highest BCUT2D eigenvalue weighted by Gasteiger charge is 2.61. The number of nitrogens with one attached hydrogen (secondary N) is 1. The molecule has 7 atom stereocenters. The van der Waals surface area contributed by atoms with Crippen molar-refractivity contribution in [2.75, 3.05) is 13.7 Å². The second-order valence-corrected chi connectivity index (χ2v) is 19.4. The van der Waals surface area contributed by atoms with E-state index in [9.17, 15) is 32.4 Å². The molecule has 2 bridgehead atoms. The lowest BCUT2D eigenvalue weighted by Crippen LogP contribution is -2.46. The average Bonchev–Trinajstić information content (AvgIpc) is 4.11. The quantitative estimate of drug-likeness (QED) is 0.151. The van der Waals surface area contributed by atoms with Crippen molar-refractivity contribution in [2.24, 2.45) is 23.2 Å². The van der Waals surface area contributed by atoms with Crippen LogP contribution < -0.4 is 19.8 Å². The van der Waals surface area contributed by atoms with Gasteiger partial charge in [0.2, 0.25) is 27.7 Å². The highest BCUT2D eigenvalue weighted by atomic mass is 32.2. The Balaban J connectivity index is 1.24. The predicted octanol–water partition coefficient (Wildman–Crippen LogP) is 5.62. The zero-order valence-electron chi connectivity index (χ0n) is 34.7. The van der Waals surface area contributed by atoms with E-state index in [1.165, 1.54) is 16.4 Å². The zero-order chi connectivity index (χ0) is 41.9. The number of unbranched alkanes of at least 4 members (excludes halogenated alkanes) is 3. The number of pyridine rings is 1. The summed E-state index contributed by atoms with van der Waals surface area (Å²) in [5.74, 6) is -1.96. The van der Waals surface area contributed by atoms with E-state index >= 15 is 0 Å². The molecule has 3 saturated carbocycles. The third-order valence-corrected chi connectivity index (χ3v) is 15.2. The molecule has 0 spiro atoms. The maximum absolute atomic E-state index is 14.9. The number of methoxy groups -OCH3 is 1. The Morgan fingerprint density at radius 2 is 1.85 bits per heavy atom. The number of aromatic nitrogens is 2. The first-order chi connectivity index (χ1) is 28.4. The van der Waals surface area contributed by atoms with Gasteiger partial charge >= 0.3 is 5.97 Å². The fraction of sp³-hybridized carbons (Fsp3) is 0.682. The van der Waals surface area contributed by atoms with Crippen LogP contribution in [0.25, 0.3) is 5.65 Å². The lowest BCUT2D eigenvalue weighted by Gasteiger charge is -2.29. The van der Waals surface area contributed by atoms with Gasteiger partial charge in [-0.2, -0.15) is 4.98 Å². The number of nitrogens with zero attached hydrogens (tertiary/aromatic N) is 3. The molecule has 5 aliphatic rings. The molecule has 322 valence electrons. The van der Waals surface area contributed by atoms with Crippen molar-refractivity contribution in [3.8, 4) is 11.6 Å². The SMILES string of the molecule is CCCCCC[C@@H]1CC(=O)O[C@@H]2CCC[C@H]2CC/C=C/Cc2c(nc3cc(OC)ccn3c2=O)O[C@@H]2C[C@@H](C(=O)C[C@]3(C(=O)NS(=O)(=O)C4CC4)C[C@@H]3CC)N(C2)C1=O. The van der Waals surface area contributed by atoms with Crippen molar-refractivity contribution >= 4 is 39.2 Å². The Bertz CT molecular complexity index is 2110. The zero-order valence-corrected chi connectivity index (χ0v) is 35.5. The van der Waals surface area contributed by atoms with Gasteiger partial charge in [0.15, 0.2) is 5.78 Å². The first-order valence-electron chi connectivity index (χ1n) is 21.9. The number of rotatable bonds is 13. The van der Waals surface area contributed by atoms with Crippen molar-refractivity contribution in [3.05, 3.63) is 46.4 Å². The summed E-state index contributed by atoms with van der Waals surface area (Å²) >= 11 is 0. The van der Waals surface area contributed by atoms with E-state index in [4.69, 9.17) is 19.2 Å². The summed E-state index contributed by atoms with van der Waals surface area (Å²) < 4.78 is 47.6. The van der Waals surface area contributed by atoms with Crippen molar-refractivity contribution in [1.29, 1.82) is 0 Å². The summed E-state index contributed by atoms with van der Waals surface area (Å²) in [4.78, 5) is 77.3. The van der Waals surface area contributed by atoms with Gasteiger partial charge in [0, 0.05) is 37.4 Å². The number of hydrogen-bond acceptors (Lipinski definition) is 11. The molecule has 2 aromatic rings. The predicted molar refractivity (Wildman–Crippen MR) is 219 cm³/mol. The van der Waals surface area contributed by atoms with E-state index in [1.54, 1.807) is 18.3 Å². The highest BCUT2D eigenvalue weighted by Crippen LogP contribution is 2.58. The number of sulfonamides is 1. The summed E-state index contributed by atoms with van der Waals surface area (Å²) in [6.45, 7) is 4.00. The van der Waals surface area contributed by atoms with Gasteiger partial charge in [-0.3, -0.25) is 33.1 Å². The molecule has 3 aliphatic carbocycles. The second kappa shape index (κ2) is 18.1. The molecular weight excluding hydrogens is 777 g/mol. The van der Waals surface area contributed by atoms with E-state index in [0.717, 1.165) is 57.8 Å². The van der Waals surface area contributed by atoms with Gasteiger partial charge < -0.3 is 19.1 Å². The van der Waals surface area contributed by atoms with Crippen molar-refractivity contribution < 1.29 is 41.8 Å². The molecule has 7 rings (SSSR count). The topological polar surface area (TPSA) is 180 Å². The van der Waals surface area contributed by atoms with Gasteiger partial charge in [0.05, 0.1) is 42.3 Å². The first kappa shape index (κ1) is 42.8. The van der Waals surface area contributed by atoms with E-state index in [0.29, 0.717) is 49.1 Å². The smallest absolute Gasteiger partial charge is 0.306 e. The van der Waals surface area contributed by atoms with Crippen LogP contribution in [0.2, 0.25) is 0 Å². The third kappa shape index (κ3) is 9.55. The van der Waals surface area contributed by atoms with Crippen LogP contribution in [0.1, 0.15) is 129 Å². The molecule has 2 aliphatic heterocycles. The van der Waals surface area contributed by atoms with Crippen LogP contribution in [0.5, 0.6) is 11.6 Å². The van der Waals surface area contributed by atoms with E-state index in [2.05, 4.69) is 11.6 Å². The van der Waals surface area contributed by atoms with Crippen LogP contribution in [0.4, 0.5) is 0 Å². The molecule has 4 heterocycles. The normalized spacial score (nSPS) is 29.4. The van der Waals surface area contributed by atoms with Gasteiger partial charge in [-0.1, -0.05) is 58.1 Å². The Hall–Kier alpha value is -4.27. The molecule has 59 heavy (non-hydrogen) atoms. The summed E-state index contributed by atoms with van der Waals surface area (Å²) in [6, 6.07) is 2.30. The standard InChI is InChI=1S/C44H60N4O10S/c1-4-6-7-9-14-29-22-39(50)58-37-17-12-15-28(37)13-10-8-11-16-34-40(45-38-24-31(56-3)20-21-47(38)42(34)52)57-32-23-35(48(27-32)41(29)51)36(49)26-44(25-30(44)5-2)43(53)46-59(54,55)33-18-19-33/h8,11,20-21,24,28-30,32-33,35,37H,4-7,9-10,12-19,22-23,25-27H2,1-3H3,(H,46,53)/b11-8+/t28-,29-,30+,32-,35+,37-,44-/m1/s1. The van der Waals surface area contributed by atoms with Gasteiger partial charge in [-0.05, 0) is 75.7 Å². The molecule has 0 unspecified atom stereocenters. The number of allylic oxidation sites excluding steroid dienone is 2. The van der Waals surface area contributed by atoms with E-state index in [-0.39, 0.29) is 73.3 Å². The minimum atomic E-state index is -3.85. The molecule has 0 radical (unpaired) electrons. The fourth-order valence-corrected chi connectivity index (χ4v) is 11.0. The number of carbonyl (C=O) groups is 4. The Labute approximate surface area is 346 Å². The van der Waals surface area contributed by atoms with Crippen LogP contribution in [-0.4, -0.2) is 83.4 Å². The lowest BCUT2D eigenvalue weighted by molar-refractivity contribution is -0.155. The fourth-order valence-electron chi connectivity index (χ4n) is 9.64. The Morgan fingerprint density at radius 1 is 1.03 bits per heavy atom. The monoisotopic (exact) mass is 836 g/mol. The molecule has 0 aromatic carbocycles. The van der Waals surface area contributed by atoms with Crippen LogP contribution >= 0.6 is 0 Å². The molecule has 2 amide bonds. The first-order valence-corrected chi connectivity index (χ1v) is 23.4. The van der Waals surface area contributed by atoms with Crippen molar-refractivity contribution in [2.45, 2.75) is 153 Å². The highest BCUT2D eigenvalue weighted by molar-refractivity contribution is 7.90. The number of hydrogen-bond donors (Lipinski definition) is 1. The molecule has 2 aromatic heterocycles. The molecule has 1 N–H and O–H groups in total. The summed E-state index contributed by atoms with van der Waals surface area (Å²) in [6.07, 6.45) is 14.7. The van der Waals surface area contributed by atoms with Crippen LogP contribution in [0.15, 0.2) is 35.3 Å². The Kier molecular flexibility index (Phi) is 13.2. The lowest BCUT2D eigenvalue weighted by atomic mass is 9.90. The third-order valence-electron chi connectivity index (χ3n) is 13.4. The molecule has 1 saturated heterocycles. The summed E-state index contributed by atoms with van der Waals surface area (Å²) in [7, 11) is -2.33. The number of ether oxygens (including phenoxy) is 3. The number of Topliss-reactive ketones (excluding diaryl/α,β-unsaturated/α-hetero) is 1. The molecular formula is C44H60N4O10S. The summed E-state index contributed by atoms with van der Waals surface area (Å²) in [5, 5.41) is -0.601. The largest absolute Gasteiger partial charge is 0.497 e. The van der Waals surface area contributed by atoms with Crippen molar-refractivity contribution in [3.63, 3.8) is 0 Å². The van der Waals surface area contributed by atoms with Crippen LogP contribution in [-0.2, 0) is 40.4 Å². The number of carbonyl (C=O) groups excluding carboxylic acids is 4. The number of amides is 2. The number of fused-ring (bicyclic) bond motifs is 5. The molecule has 15 heteroatoms. The van der Waals surface area contributed by atoms with E-state index < -0.39 is 50.6 Å². The van der Waals surface area contributed by atoms with Crippen LogP contribution in [0, 0.1) is 23.2 Å². The number of esters is 1. The average molecular weight is 837 g/mol. The van der Waals surface area contributed by atoms with Gasteiger partial charge in [0.1, 0.15) is 23.6 Å². The minimum Gasteiger partial charge on any atom is -0.497 e. The molecule has 4 fully saturated rings. The van der Waals surface area contributed by atoms with Crippen LogP contribution in [0.3, 0.4) is 0 Å². The van der Waals surface area contributed by atoms with E-state index in [1.807, 2.05) is 19.1 Å².